The third-order valence-electron chi connectivity index (χ3n) is 12.0. The minimum absolute atomic E-state index is 0.00777. The molecule has 0 spiro atoms. The van der Waals surface area contributed by atoms with Gasteiger partial charge in [0, 0.05) is 68.9 Å². The molecule has 5 heterocycles. The van der Waals surface area contributed by atoms with E-state index in [1.54, 1.807) is 0 Å². The number of allylic oxidation sites excluding steroid dienone is 4. The maximum atomic E-state index is 5.28. The molecule has 9 rings (SSSR count). The van der Waals surface area contributed by atoms with Crippen LogP contribution in [0.4, 0.5) is 23.3 Å². The van der Waals surface area contributed by atoms with Crippen LogP contribution in [-0.2, 0) is 0 Å². The normalized spacial score (nSPS) is 23.6. The van der Waals surface area contributed by atoms with Crippen LogP contribution in [0.5, 0.6) is 0 Å². The zero-order valence-electron chi connectivity index (χ0n) is 36.1. The summed E-state index contributed by atoms with van der Waals surface area (Å²) in [6.07, 6.45) is 26.9. The Balaban J connectivity index is 0.00000157. The van der Waals surface area contributed by atoms with E-state index < -0.39 is 13.6 Å². The van der Waals surface area contributed by atoms with E-state index in [0.717, 1.165) is 43.1 Å². The molecule has 2 radical (unpaired) electrons. The molecule has 0 amide bonds. The molecule has 4 aromatic rings. The van der Waals surface area contributed by atoms with Gasteiger partial charge in [-0.05, 0) is 64.8 Å². The fraction of sp³-hybridized carbons (Fsp3) is 0.417. The minimum atomic E-state index is -0.556. The van der Waals surface area contributed by atoms with Crippen molar-refractivity contribution in [2.75, 3.05) is 0 Å². The quantitative estimate of drug-likeness (QED) is 0.166. The topological polar surface area (TPSA) is 106 Å². The third-order valence-corrected chi connectivity index (χ3v) is 12.0. The molecule has 8 nitrogen and oxygen atoms in total. The number of nitrogens with zero attached hydrogens (tertiary/aromatic N) is 8. The van der Waals surface area contributed by atoms with Crippen molar-refractivity contribution in [2.24, 2.45) is 65.3 Å². The van der Waals surface area contributed by atoms with Crippen LogP contribution in [0.25, 0.3) is 48.6 Å². The van der Waals surface area contributed by atoms with Gasteiger partial charge in [-0.15, -0.1) is 0 Å². The van der Waals surface area contributed by atoms with E-state index in [0.29, 0.717) is 45.2 Å². The van der Waals surface area contributed by atoms with E-state index in [2.05, 4.69) is 156 Å². The third kappa shape index (κ3) is 7.86. The van der Waals surface area contributed by atoms with Crippen molar-refractivity contribution in [1.29, 1.82) is 0 Å². The molecule has 0 aromatic carbocycles. The average Bonchev–Trinajstić information content (AvgIpc) is 3.88. The molecule has 4 unspecified atom stereocenters. The maximum absolute atomic E-state index is 5.28. The van der Waals surface area contributed by atoms with Crippen molar-refractivity contribution >= 4 is 105 Å². The van der Waals surface area contributed by atoms with Crippen molar-refractivity contribution in [3.8, 4) is 0 Å². The van der Waals surface area contributed by atoms with Gasteiger partial charge >= 0.3 is 33.6 Å². The summed E-state index contributed by atoms with van der Waals surface area (Å²) in [5.41, 5.74) is 6.18. The van der Waals surface area contributed by atoms with Gasteiger partial charge in [0.2, 0.25) is 0 Å². The zero-order valence-corrected chi connectivity index (χ0v) is 39.7. The van der Waals surface area contributed by atoms with Crippen LogP contribution in [-0.4, -0.2) is 13.6 Å². The Labute approximate surface area is 361 Å². The van der Waals surface area contributed by atoms with Gasteiger partial charge in [0.15, 0.2) is 0 Å². The molecule has 5 aliphatic rings. The van der Waals surface area contributed by atoms with Crippen molar-refractivity contribution in [3.05, 3.63) is 89.4 Å². The van der Waals surface area contributed by atoms with Crippen LogP contribution in [0, 0.1) is 45.3 Å². The van der Waals surface area contributed by atoms with Gasteiger partial charge in [-0.2, -0.15) is 0 Å². The summed E-state index contributed by atoms with van der Waals surface area (Å²) in [4.78, 5) is 41.8. The molecule has 4 atom stereocenters. The van der Waals surface area contributed by atoms with Gasteiger partial charge in [-0.3, -0.25) is 0 Å². The van der Waals surface area contributed by atoms with Gasteiger partial charge in [0.25, 0.3) is 0 Å². The van der Waals surface area contributed by atoms with Crippen LogP contribution in [0.3, 0.4) is 0 Å². The summed E-state index contributed by atoms with van der Waals surface area (Å²) in [6.45, 7) is 27.1. The van der Waals surface area contributed by atoms with Crippen LogP contribution in [0.15, 0.2) is 44.3 Å². The van der Waals surface area contributed by atoms with Gasteiger partial charge < -0.3 is 39.9 Å². The Bertz CT molecular complexity index is 2600. The fourth-order valence-corrected chi connectivity index (χ4v) is 8.14. The van der Waals surface area contributed by atoms with E-state index >= 15 is 0 Å². The summed E-state index contributed by atoms with van der Waals surface area (Å²) < 4.78 is 0. The number of hydrogen-bond donors (Lipinski definition) is 0. The molecule has 4 aliphatic carbocycles. The summed E-state index contributed by atoms with van der Waals surface area (Å²) in [7, 11) is 9.78. The van der Waals surface area contributed by atoms with Crippen LogP contribution in [0.2, 0.25) is 0 Å². The average molecular weight is 885 g/mol. The number of halogens is 2. The molecule has 306 valence electrons. The molecule has 0 saturated heterocycles. The van der Waals surface area contributed by atoms with E-state index in [1.165, 1.54) is 0 Å². The van der Waals surface area contributed by atoms with Crippen molar-refractivity contribution in [1.82, 2.24) is 19.9 Å². The first-order valence-corrected chi connectivity index (χ1v) is 25.9. The predicted octanol–water partition coefficient (Wildman–Crippen LogP) is 6.51. The van der Waals surface area contributed by atoms with Gasteiger partial charge in [-0.1, -0.05) is 156 Å². The second-order valence-corrected chi connectivity index (χ2v) is 23.8. The van der Waals surface area contributed by atoms with E-state index in [-0.39, 0.29) is 45.3 Å². The van der Waals surface area contributed by atoms with E-state index in [1.807, 2.05) is 0 Å². The van der Waals surface area contributed by atoms with E-state index in [9.17, 15) is 0 Å². The summed E-state index contributed by atoms with van der Waals surface area (Å²) in [5, 5.41) is 3.87. The first-order chi connectivity index (χ1) is 27.6. The standard InChI is InChI=1S/C48H52N8.Cl2Ge/c1-45(2,3)25-13-17-29-33(21-25)41-49-37(29)54-42-35-23-27(47(7,8)9)15-19-31(35)39(51-42)56-44-36-24-28(48(10,11)12)16-20-32(36)40(52-44)55-43-34-22-26(46(4,5)6)14-18-30(34)38(50-43)53-41;1-3-2/h13-28H,1-12H3;/q-4;. The van der Waals surface area contributed by atoms with Gasteiger partial charge in [0.1, 0.15) is 0 Å². The van der Waals surface area contributed by atoms with E-state index in [4.69, 9.17) is 59.9 Å². The number of fused-ring (bicyclic) bond motifs is 20. The number of hydrogen-bond acceptors (Lipinski definition) is 4. The molecule has 4 aromatic heterocycles. The summed E-state index contributed by atoms with van der Waals surface area (Å²) >= 11 is -0.556. The number of aromatic nitrogens is 4. The Hall–Kier alpha value is -4.12. The molecular formula is C48H52Cl2GeN8-4. The first kappa shape index (κ1) is 41.6. The Morgan fingerprint density at radius 3 is 0.746 bits per heavy atom. The Morgan fingerprint density at radius 1 is 0.390 bits per heavy atom. The second kappa shape index (κ2) is 14.8. The molecule has 0 fully saturated rings. The van der Waals surface area contributed by atoms with Gasteiger partial charge in [-0.25, -0.2) is 0 Å². The van der Waals surface area contributed by atoms with Crippen LogP contribution >= 0.6 is 20.0 Å². The molecular weight excluding hydrogens is 832 g/mol. The zero-order chi connectivity index (χ0) is 42.4. The van der Waals surface area contributed by atoms with Crippen LogP contribution in [0.1, 0.15) is 105 Å². The number of rotatable bonds is 0. The monoisotopic (exact) mass is 884 g/mol. The second-order valence-electron chi connectivity index (χ2n) is 20.5. The summed E-state index contributed by atoms with van der Waals surface area (Å²) in [5.74, 6) is 3.12. The summed E-state index contributed by atoms with van der Waals surface area (Å²) in [6, 6.07) is 0. The van der Waals surface area contributed by atoms with Crippen molar-refractivity contribution < 1.29 is 0 Å². The molecule has 11 heteroatoms. The molecule has 0 N–H and O–H groups in total. The van der Waals surface area contributed by atoms with Crippen LogP contribution < -0.4 is 62.8 Å². The molecule has 59 heavy (non-hydrogen) atoms. The molecule has 1 aliphatic heterocycles. The Morgan fingerprint density at radius 2 is 0.576 bits per heavy atom. The van der Waals surface area contributed by atoms with Crippen molar-refractivity contribution in [2.45, 2.75) is 83.1 Å². The SMILES string of the molecule is CC(C)(C)C1C=Cc2c3[n-]/c(c2=C1)=N\c1[n-]/c(c2c1C=CC(C(C)(C)C)C=2)=N\c1[n-]/c(c2c1C=CC(C(C)(C)C)C=2)=N\c1[n-]/c(c2c1C=CC(C(C)(C)C)C=2)=N\3.[Cl][Ge][Cl]. The predicted molar refractivity (Wildman–Crippen MR) is 244 cm³/mol. The first-order valence-electron chi connectivity index (χ1n) is 20.4. The van der Waals surface area contributed by atoms with Gasteiger partial charge in [0.05, 0.1) is 0 Å². The molecule has 8 bridgehead atoms. The Kier molecular flexibility index (Phi) is 10.4. The molecule has 0 saturated carbocycles. The fourth-order valence-electron chi connectivity index (χ4n) is 8.14. The van der Waals surface area contributed by atoms with Crippen molar-refractivity contribution in [3.63, 3.8) is 0 Å².